The number of benzene rings is 2. The summed E-state index contributed by atoms with van der Waals surface area (Å²) in [4.78, 5) is 13.3. The zero-order chi connectivity index (χ0) is 23.5. The van der Waals surface area contributed by atoms with Crippen molar-refractivity contribution < 1.29 is 17.9 Å². The van der Waals surface area contributed by atoms with Gasteiger partial charge in [-0.3, -0.25) is 4.79 Å². The van der Waals surface area contributed by atoms with Gasteiger partial charge in [-0.2, -0.15) is 9.40 Å². The van der Waals surface area contributed by atoms with Crippen molar-refractivity contribution in [3.63, 3.8) is 0 Å². The van der Waals surface area contributed by atoms with Crippen LogP contribution in [0.15, 0.2) is 65.6 Å². The Morgan fingerprint density at radius 1 is 0.971 bits per heavy atom. The number of amides is 1. The Morgan fingerprint density at radius 2 is 1.71 bits per heavy atom. The van der Waals surface area contributed by atoms with Crippen LogP contribution in [0.2, 0.25) is 0 Å². The molecule has 1 aromatic heterocycles. The predicted octanol–water partition coefficient (Wildman–Crippen LogP) is 3.80. The molecule has 1 amide bonds. The summed E-state index contributed by atoms with van der Waals surface area (Å²) in [5.41, 5.74) is 2.10. The van der Waals surface area contributed by atoms with Crippen molar-refractivity contribution in [2.45, 2.75) is 36.5 Å². The second-order valence-electron chi connectivity index (χ2n) is 8.68. The molecule has 2 fully saturated rings. The van der Waals surface area contributed by atoms with E-state index in [1.54, 1.807) is 16.8 Å². The van der Waals surface area contributed by atoms with E-state index in [-0.39, 0.29) is 16.4 Å². The Labute approximate surface area is 199 Å². The summed E-state index contributed by atoms with van der Waals surface area (Å²) < 4.78 is 34.5. The molecule has 1 aliphatic carbocycles. The third-order valence-corrected chi connectivity index (χ3v) is 8.34. The van der Waals surface area contributed by atoms with Crippen LogP contribution in [0.3, 0.4) is 0 Å². The van der Waals surface area contributed by atoms with E-state index in [9.17, 15) is 13.2 Å². The number of para-hydroxylation sites is 1. The van der Waals surface area contributed by atoms with E-state index in [0.717, 1.165) is 24.2 Å². The van der Waals surface area contributed by atoms with E-state index in [2.05, 4.69) is 5.32 Å². The summed E-state index contributed by atoms with van der Waals surface area (Å²) >= 11 is 0. The van der Waals surface area contributed by atoms with E-state index in [4.69, 9.17) is 9.84 Å². The number of rotatable bonds is 6. The Kier molecular flexibility index (Phi) is 6.49. The Bertz CT molecular complexity index is 1260. The molecule has 0 unspecified atom stereocenters. The molecule has 178 valence electrons. The van der Waals surface area contributed by atoms with Crippen molar-refractivity contribution >= 4 is 21.7 Å². The highest BCUT2D eigenvalue weighted by Gasteiger charge is 2.27. The summed E-state index contributed by atoms with van der Waals surface area (Å²) in [5.74, 6) is 0.580. The van der Waals surface area contributed by atoms with Crippen molar-refractivity contribution in [1.29, 1.82) is 0 Å². The third kappa shape index (κ3) is 4.64. The summed E-state index contributed by atoms with van der Waals surface area (Å²) in [6.45, 7) is 1.34. The first-order chi connectivity index (χ1) is 16.5. The van der Waals surface area contributed by atoms with Crippen molar-refractivity contribution in [2.75, 3.05) is 31.6 Å². The third-order valence-electron chi connectivity index (χ3n) is 6.45. The van der Waals surface area contributed by atoms with Crippen LogP contribution in [0.25, 0.3) is 5.69 Å². The predicted molar refractivity (Wildman–Crippen MR) is 129 cm³/mol. The lowest BCUT2D eigenvalue weighted by atomic mass is 10.0. The highest BCUT2D eigenvalue weighted by molar-refractivity contribution is 7.89. The molecule has 34 heavy (non-hydrogen) atoms. The highest BCUT2D eigenvalue weighted by atomic mass is 32.2. The van der Waals surface area contributed by atoms with Crippen molar-refractivity contribution in [1.82, 2.24) is 14.1 Å². The maximum Gasteiger partial charge on any atom is 0.256 e. The summed E-state index contributed by atoms with van der Waals surface area (Å²) in [6, 6.07) is 17.8. The minimum absolute atomic E-state index is 0.102. The monoisotopic (exact) mass is 480 g/mol. The van der Waals surface area contributed by atoms with Crippen LogP contribution >= 0.6 is 0 Å². The van der Waals surface area contributed by atoms with Crippen LogP contribution in [0.1, 0.15) is 47.7 Å². The minimum Gasteiger partial charge on any atom is -0.379 e. The molecule has 5 rings (SSSR count). The quantitative estimate of drug-likeness (QED) is 0.579. The number of carbonyl (C=O) groups is 1. The number of carbonyl (C=O) groups excluding carboxylic acids is 1. The second-order valence-corrected chi connectivity index (χ2v) is 10.6. The largest absolute Gasteiger partial charge is 0.379 e. The molecule has 9 heteroatoms. The van der Waals surface area contributed by atoms with Crippen molar-refractivity contribution in [3.8, 4) is 5.69 Å². The Morgan fingerprint density at radius 3 is 2.44 bits per heavy atom. The van der Waals surface area contributed by atoms with Gasteiger partial charge in [-0.1, -0.05) is 37.1 Å². The van der Waals surface area contributed by atoms with Gasteiger partial charge in [-0.25, -0.2) is 13.1 Å². The fourth-order valence-electron chi connectivity index (χ4n) is 4.60. The van der Waals surface area contributed by atoms with Gasteiger partial charge < -0.3 is 10.1 Å². The van der Waals surface area contributed by atoms with Crippen molar-refractivity contribution in [2.24, 2.45) is 0 Å². The SMILES string of the molecule is O=C(Nc1cc(C2CCCC2)nn1-c1ccccc1)c1cccc(S(=O)(=O)N2CCOCC2)c1. The molecule has 1 saturated heterocycles. The van der Waals surface area contributed by atoms with Gasteiger partial charge >= 0.3 is 0 Å². The molecule has 2 aromatic carbocycles. The van der Waals surface area contributed by atoms with Gasteiger partial charge in [0, 0.05) is 30.6 Å². The van der Waals surface area contributed by atoms with Gasteiger partial charge in [0.1, 0.15) is 5.82 Å². The molecular weight excluding hydrogens is 452 g/mol. The van der Waals surface area contributed by atoms with E-state index >= 15 is 0 Å². The van der Waals surface area contributed by atoms with Crippen molar-refractivity contribution in [3.05, 3.63) is 71.9 Å². The molecule has 1 N–H and O–H groups in total. The summed E-state index contributed by atoms with van der Waals surface area (Å²) in [5, 5.41) is 7.78. The number of anilines is 1. The van der Waals surface area contributed by atoms with E-state index in [1.807, 2.05) is 36.4 Å². The maximum atomic E-state index is 13.2. The molecule has 0 radical (unpaired) electrons. The van der Waals surface area contributed by atoms with Crippen LogP contribution in [0, 0.1) is 0 Å². The number of aromatic nitrogens is 2. The number of sulfonamides is 1. The summed E-state index contributed by atoms with van der Waals surface area (Å²) in [6.07, 6.45) is 4.57. The van der Waals surface area contributed by atoms with Gasteiger partial charge in [0.25, 0.3) is 5.91 Å². The van der Waals surface area contributed by atoms with Crippen LogP contribution in [0.4, 0.5) is 5.82 Å². The highest BCUT2D eigenvalue weighted by Crippen LogP contribution is 2.35. The van der Waals surface area contributed by atoms with Crippen LogP contribution < -0.4 is 5.32 Å². The Hall–Kier alpha value is -3.01. The molecule has 1 saturated carbocycles. The molecule has 0 spiro atoms. The van der Waals surface area contributed by atoms with Crippen LogP contribution in [0.5, 0.6) is 0 Å². The van der Waals surface area contributed by atoms with Gasteiger partial charge in [-0.05, 0) is 43.2 Å². The van der Waals surface area contributed by atoms with E-state index in [1.165, 1.54) is 29.3 Å². The number of ether oxygens (including phenoxy) is 1. The minimum atomic E-state index is -3.69. The first-order valence-electron chi connectivity index (χ1n) is 11.7. The molecule has 3 aromatic rings. The standard InChI is InChI=1S/C25H28N4O4S/c30-25(20-9-6-12-22(17-20)34(31,32)28-13-15-33-16-14-28)26-24-18-23(19-7-4-5-8-19)27-29(24)21-10-2-1-3-11-21/h1-3,6,9-12,17-19H,4-5,7-8,13-16H2,(H,26,30). The van der Waals surface area contributed by atoms with Crippen LogP contribution in [-0.4, -0.2) is 54.7 Å². The van der Waals surface area contributed by atoms with Gasteiger partial charge in [0.2, 0.25) is 10.0 Å². The first kappa shape index (κ1) is 22.8. The lowest BCUT2D eigenvalue weighted by Gasteiger charge is -2.26. The number of morpholine rings is 1. The average Bonchev–Trinajstić information content (AvgIpc) is 3.56. The fourth-order valence-corrected chi connectivity index (χ4v) is 6.05. The lowest BCUT2D eigenvalue weighted by Crippen LogP contribution is -2.40. The number of hydrogen-bond donors (Lipinski definition) is 1. The molecule has 8 nitrogen and oxygen atoms in total. The smallest absolute Gasteiger partial charge is 0.256 e. The maximum absolute atomic E-state index is 13.2. The fraction of sp³-hybridized carbons (Fsp3) is 0.360. The number of hydrogen-bond acceptors (Lipinski definition) is 5. The molecule has 0 bridgehead atoms. The zero-order valence-electron chi connectivity index (χ0n) is 18.9. The Balaban J connectivity index is 1.43. The zero-order valence-corrected chi connectivity index (χ0v) is 19.7. The van der Waals surface area contributed by atoms with Gasteiger partial charge in [-0.15, -0.1) is 0 Å². The first-order valence-corrected chi connectivity index (χ1v) is 13.1. The average molecular weight is 481 g/mol. The van der Waals surface area contributed by atoms with E-state index in [0.29, 0.717) is 38.0 Å². The molecule has 2 heterocycles. The lowest BCUT2D eigenvalue weighted by molar-refractivity contribution is 0.0730. The normalized spacial score (nSPS) is 17.6. The molecular formula is C25H28N4O4S. The summed E-state index contributed by atoms with van der Waals surface area (Å²) in [7, 11) is -3.69. The second kappa shape index (κ2) is 9.69. The molecule has 0 atom stereocenters. The van der Waals surface area contributed by atoms with E-state index < -0.39 is 10.0 Å². The van der Waals surface area contributed by atoms with Gasteiger partial charge in [0.05, 0.1) is 29.5 Å². The van der Waals surface area contributed by atoms with Gasteiger partial charge in [0.15, 0.2) is 0 Å². The molecule has 1 aliphatic heterocycles. The topological polar surface area (TPSA) is 93.5 Å². The number of nitrogens with zero attached hydrogens (tertiary/aromatic N) is 3. The van der Waals surface area contributed by atoms with Crippen LogP contribution in [-0.2, 0) is 14.8 Å². The number of nitrogens with one attached hydrogen (secondary N) is 1. The molecule has 2 aliphatic rings.